The summed E-state index contributed by atoms with van der Waals surface area (Å²) in [7, 11) is 0. The maximum absolute atomic E-state index is 12.1. The molecule has 0 aliphatic rings. The van der Waals surface area contributed by atoms with Gasteiger partial charge < -0.3 is 15.4 Å². The smallest absolute Gasteiger partial charge is 0.319 e. The summed E-state index contributed by atoms with van der Waals surface area (Å²) in [4.78, 5) is 13.1. The summed E-state index contributed by atoms with van der Waals surface area (Å²) < 4.78 is 6.18. The highest BCUT2D eigenvalue weighted by Gasteiger charge is 2.13. The van der Waals surface area contributed by atoms with Crippen LogP contribution in [-0.4, -0.2) is 12.6 Å². The van der Waals surface area contributed by atoms with Crippen molar-refractivity contribution in [2.75, 3.05) is 11.9 Å². The van der Waals surface area contributed by atoms with Crippen molar-refractivity contribution in [3.05, 3.63) is 45.6 Å². The largest absolute Gasteiger partial charge is 0.492 e. The van der Waals surface area contributed by atoms with Crippen molar-refractivity contribution in [2.24, 2.45) is 0 Å². The first-order valence-electron chi connectivity index (χ1n) is 6.64. The van der Waals surface area contributed by atoms with Crippen LogP contribution >= 0.6 is 22.9 Å². The molecule has 0 fully saturated rings. The third-order valence-electron chi connectivity index (χ3n) is 2.80. The molecule has 1 atom stereocenters. The van der Waals surface area contributed by atoms with Crippen LogP contribution in [0.2, 0.25) is 4.34 Å². The molecule has 6 heteroatoms. The fourth-order valence-electron chi connectivity index (χ4n) is 1.84. The Morgan fingerprint density at radius 1 is 1.33 bits per heavy atom. The van der Waals surface area contributed by atoms with Crippen LogP contribution in [0.3, 0.4) is 0 Å². The number of anilines is 1. The van der Waals surface area contributed by atoms with E-state index in [9.17, 15) is 4.79 Å². The number of thiophene rings is 1. The second-order valence-corrected chi connectivity index (χ2v) is 6.14. The van der Waals surface area contributed by atoms with Crippen molar-refractivity contribution < 1.29 is 9.53 Å². The fraction of sp³-hybridized carbons (Fsp3) is 0.267. The van der Waals surface area contributed by atoms with Crippen molar-refractivity contribution in [2.45, 2.75) is 19.9 Å². The van der Waals surface area contributed by atoms with Crippen molar-refractivity contribution in [3.63, 3.8) is 0 Å². The Bertz CT molecular complexity index is 615. The highest BCUT2D eigenvalue weighted by atomic mass is 35.5. The molecule has 1 aromatic heterocycles. The molecule has 1 aromatic carbocycles. The van der Waals surface area contributed by atoms with E-state index in [2.05, 4.69) is 10.6 Å². The van der Waals surface area contributed by atoms with Gasteiger partial charge in [0, 0.05) is 4.88 Å². The third kappa shape index (κ3) is 4.37. The molecule has 0 radical (unpaired) electrons. The van der Waals surface area contributed by atoms with E-state index in [1.54, 1.807) is 6.07 Å². The van der Waals surface area contributed by atoms with Crippen molar-refractivity contribution in [1.29, 1.82) is 0 Å². The number of hydrogen-bond acceptors (Lipinski definition) is 3. The predicted molar refractivity (Wildman–Crippen MR) is 87.5 cm³/mol. The van der Waals surface area contributed by atoms with Gasteiger partial charge in [-0.15, -0.1) is 11.3 Å². The van der Waals surface area contributed by atoms with Crippen LogP contribution in [0.1, 0.15) is 24.8 Å². The minimum atomic E-state index is -0.279. The number of nitrogens with one attached hydrogen (secondary N) is 2. The number of para-hydroxylation sites is 2. The summed E-state index contributed by atoms with van der Waals surface area (Å²) in [6, 6.07) is 10.7. The summed E-state index contributed by atoms with van der Waals surface area (Å²) in [5.41, 5.74) is 0.647. The third-order valence-corrected chi connectivity index (χ3v) is 4.22. The van der Waals surface area contributed by atoms with Gasteiger partial charge in [-0.1, -0.05) is 23.7 Å². The fourth-order valence-corrected chi connectivity index (χ4v) is 2.90. The second kappa shape index (κ2) is 7.33. The Balaban J connectivity index is 1.98. The van der Waals surface area contributed by atoms with E-state index in [4.69, 9.17) is 16.3 Å². The standard InChI is InChI=1S/C15H17ClN2O2S/c1-3-20-12-7-5-4-6-11(12)18-15(19)17-10(2)13-8-9-14(16)21-13/h4-10H,3H2,1-2H3,(H2,17,18,19). The van der Waals surface area contributed by atoms with Gasteiger partial charge in [-0.3, -0.25) is 0 Å². The van der Waals surface area contributed by atoms with Crippen LogP contribution < -0.4 is 15.4 Å². The summed E-state index contributed by atoms with van der Waals surface area (Å²) in [6.07, 6.45) is 0. The predicted octanol–water partition coefficient (Wildman–Crippen LogP) is 4.68. The Morgan fingerprint density at radius 2 is 2.10 bits per heavy atom. The highest BCUT2D eigenvalue weighted by molar-refractivity contribution is 7.16. The summed E-state index contributed by atoms with van der Waals surface area (Å²) in [5, 5.41) is 5.67. The van der Waals surface area contributed by atoms with Crippen LogP contribution in [0.25, 0.3) is 0 Å². The molecule has 2 N–H and O–H groups in total. The molecule has 4 nitrogen and oxygen atoms in total. The highest BCUT2D eigenvalue weighted by Crippen LogP contribution is 2.27. The quantitative estimate of drug-likeness (QED) is 0.838. The van der Waals surface area contributed by atoms with E-state index in [0.29, 0.717) is 22.4 Å². The number of urea groups is 1. The zero-order valence-corrected chi connectivity index (χ0v) is 13.4. The molecule has 2 aromatic rings. The Hall–Kier alpha value is -1.72. The molecule has 2 rings (SSSR count). The first kappa shape index (κ1) is 15.7. The maximum atomic E-state index is 12.1. The number of halogens is 1. The first-order valence-corrected chi connectivity index (χ1v) is 7.84. The average Bonchev–Trinajstić information content (AvgIpc) is 2.88. The lowest BCUT2D eigenvalue weighted by Crippen LogP contribution is -2.30. The summed E-state index contributed by atoms with van der Waals surface area (Å²) in [6.45, 7) is 4.36. The van der Waals surface area contributed by atoms with Gasteiger partial charge in [0.25, 0.3) is 0 Å². The molecule has 1 heterocycles. The lowest BCUT2D eigenvalue weighted by Gasteiger charge is -2.15. The van der Waals surface area contributed by atoms with Crippen LogP contribution in [0.15, 0.2) is 36.4 Å². The molecular weight excluding hydrogens is 308 g/mol. The summed E-state index contributed by atoms with van der Waals surface area (Å²) in [5.74, 6) is 0.655. The molecule has 112 valence electrons. The second-order valence-electron chi connectivity index (χ2n) is 4.39. The molecule has 21 heavy (non-hydrogen) atoms. The summed E-state index contributed by atoms with van der Waals surface area (Å²) >= 11 is 7.35. The van der Waals surface area contributed by atoms with Gasteiger partial charge in [0.2, 0.25) is 0 Å². The molecule has 0 saturated carbocycles. The van der Waals surface area contributed by atoms with Gasteiger partial charge in [-0.05, 0) is 38.1 Å². The molecule has 2 amide bonds. The van der Waals surface area contributed by atoms with Gasteiger partial charge in [-0.25, -0.2) is 4.79 Å². The molecule has 0 aliphatic heterocycles. The zero-order valence-electron chi connectivity index (χ0n) is 11.9. The zero-order chi connectivity index (χ0) is 15.2. The lowest BCUT2D eigenvalue weighted by molar-refractivity contribution is 0.249. The number of benzene rings is 1. The number of hydrogen-bond donors (Lipinski definition) is 2. The first-order chi connectivity index (χ1) is 10.1. The van der Waals surface area contributed by atoms with Gasteiger partial charge in [0.05, 0.1) is 22.7 Å². The monoisotopic (exact) mass is 324 g/mol. The van der Waals surface area contributed by atoms with E-state index >= 15 is 0 Å². The van der Waals surface area contributed by atoms with Crippen LogP contribution in [0.4, 0.5) is 10.5 Å². The Morgan fingerprint density at radius 3 is 2.76 bits per heavy atom. The number of carbonyl (C=O) groups excluding carboxylic acids is 1. The average molecular weight is 325 g/mol. The van der Waals surface area contributed by atoms with Gasteiger partial charge >= 0.3 is 6.03 Å². The van der Waals surface area contributed by atoms with E-state index < -0.39 is 0 Å². The minimum Gasteiger partial charge on any atom is -0.492 e. The van der Waals surface area contributed by atoms with Crippen LogP contribution in [0.5, 0.6) is 5.75 Å². The van der Waals surface area contributed by atoms with Gasteiger partial charge in [0.15, 0.2) is 0 Å². The SMILES string of the molecule is CCOc1ccccc1NC(=O)NC(C)c1ccc(Cl)s1. The van der Waals surface area contributed by atoms with Gasteiger partial charge in [-0.2, -0.15) is 0 Å². The molecule has 0 spiro atoms. The van der Waals surface area contributed by atoms with E-state index in [-0.39, 0.29) is 12.1 Å². The van der Waals surface area contributed by atoms with Crippen molar-refractivity contribution >= 4 is 34.7 Å². The van der Waals surface area contributed by atoms with E-state index in [1.165, 1.54) is 11.3 Å². The van der Waals surface area contributed by atoms with Gasteiger partial charge in [0.1, 0.15) is 5.75 Å². The Kier molecular flexibility index (Phi) is 5.47. The molecular formula is C15H17ClN2O2S. The lowest BCUT2D eigenvalue weighted by atomic mass is 10.3. The minimum absolute atomic E-state index is 0.109. The number of ether oxygens (including phenoxy) is 1. The normalized spacial score (nSPS) is 11.8. The number of rotatable bonds is 5. The maximum Gasteiger partial charge on any atom is 0.319 e. The molecule has 0 bridgehead atoms. The number of amides is 2. The van der Waals surface area contributed by atoms with Crippen LogP contribution in [-0.2, 0) is 0 Å². The molecule has 1 unspecified atom stereocenters. The molecule has 0 saturated heterocycles. The molecule has 0 aliphatic carbocycles. The van der Waals surface area contributed by atoms with E-state index in [1.807, 2.05) is 44.2 Å². The number of carbonyl (C=O) groups is 1. The Labute approximate surface area is 133 Å². The van der Waals surface area contributed by atoms with E-state index in [0.717, 1.165) is 4.88 Å². The topological polar surface area (TPSA) is 50.4 Å². The van der Waals surface area contributed by atoms with Crippen LogP contribution in [0, 0.1) is 0 Å². The van der Waals surface area contributed by atoms with Crippen molar-refractivity contribution in [3.8, 4) is 5.75 Å². The van der Waals surface area contributed by atoms with Crippen molar-refractivity contribution in [1.82, 2.24) is 5.32 Å².